The monoisotopic (exact) mass is 287 g/mol. The maximum atomic E-state index is 14.5. The molecule has 19 heavy (non-hydrogen) atoms. The molecule has 1 aliphatic rings. The Morgan fingerprint density at radius 3 is 2.42 bits per heavy atom. The molecule has 0 heterocycles. The standard InChI is InChI=1S/C13H18FNO3S/c1-19(17,18)12-10(16)5-4-9(11(12)14)13(8-15)6-2-3-7-13/h4-5,16H,2-3,6-8,15H2,1H3. The molecule has 0 saturated heterocycles. The Kier molecular flexibility index (Phi) is 3.57. The van der Waals surface area contributed by atoms with Gasteiger partial charge in [-0.25, -0.2) is 12.8 Å². The van der Waals surface area contributed by atoms with Gasteiger partial charge < -0.3 is 10.8 Å². The molecule has 6 heteroatoms. The quantitative estimate of drug-likeness (QED) is 0.886. The number of benzene rings is 1. The Labute approximate surface area is 112 Å². The van der Waals surface area contributed by atoms with Gasteiger partial charge in [0.1, 0.15) is 16.5 Å². The first kappa shape index (κ1) is 14.3. The van der Waals surface area contributed by atoms with Crippen LogP contribution in [0, 0.1) is 5.82 Å². The zero-order valence-electron chi connectivity index (χ0n) is 10.8. The van der Waals surface area contributed by atoms with E-state index in [2.05, 4.69) is 0 Å². The van der Waals surface area contributed by atoms with Crippen LogP contribution >= 0.6 is 0 Å². The maximum Gasteiger partial charge on any atom is 0.182 e. The van der Waals surface area contributed by atoms with Crippen LogP contribution in [0.15, 0.2) is 17.0 Å². The van der Waals surface area contributed by atoms with Gasteiger partial charge in [0.15, 0.2) is 9.84 Å². The van der Waals surface area contributed by atoms with Crippen LogP contribution in [0.2, 0.25) is 0 Å². The van der Waals surface area contributed by atoms with Gasteiger partial charge in [0.05, 0.1) is 0 Å². The van der Waals surface area contributed by atoms with Gasteiger partial charge in [0.25, 0.3) is 0 Å². The van der Waals surface area contributed by atoms with E-state index in [1.165, 1.54) is 12.1 Å². The van der Waals surface area contributed by atoms with E-state index in [1.807, 2.05) is 0 Å². The Hall–Kier alpha value is -1.14. The summed E-state index contributed by atoms with van der Waals surface area (Å²) in [6.07, 6.45) is 4.28. The van der Waals surface area contributed by atoms with Crippen LogP contribution in [0.5, 0.6) is 5.75 Å². The van der Waals surface area contributed by atoms with E-state index >= 15 is 0 Å². The van der Waals surface area contributed by atoms with Crippen molar-refractivity contribution in [2.45, 2.75) is 36.0 Å². The molecule has 1 aromatic carbocycles. The van der Waals surface area contributed by atoms with E-state index in [9.17, 15) is 17.9 Å². The average molecular weight is 287 g/mol. The first-order valence-electron chi connectivity index (χ1n) is 6.24. The molecule has 0 amide bonds. The minimum Gasteiger partial charge on any atom is -0.506 e. The van der Waals surface area contributed by atoms with Gasteiger partial charge in [-0.15, -0.1) is 0 Å². The molecule has 4 nitrogen and oxygen atoms in total. The van der Waals surface area contributed by atoms with Crippen LogP contribution in [0.4, 0.5) is 4.39 Å². The molecule has 1 aromatic rings. The van der Waals surface area contributed by atoms with Crippen LogP contribution in [0.1, 0.15) is 31.2 Å². The summed E-state index contributed by atoms with van der Waals surface area (Å²) >= 11 is 0. The lowest BCUT2D eigenvalue weighted by molar-refractivity contribution is 0.404. The summed E-state index contributed by atoms with van der Waals surface area (Å²) in [5.41, 5.74) is 5.60. The van der Waals surface area contributed by atoms with Crippen LogP contribution in [0.3, 0.4) is 0 Å². The molecular weight excluding hydrogens is 269 g/mol. The minimum atomic E-state index is -3.82. The van der Waals surface area contributed by atoms with E-state index in [0.717, 1.165) is 31.9 Å². The number of hydrogen-bond donors (Lipinski definition) is 2. The van der Waals surface area contributed by atoms with Crippen molar-refractivity contribution in [1.29, 1.82) is 0 Å². The molecule has 1 saturated carbocycles. The molecule has 3 N–H and O–H groups in total. The van der Waals surface area contributed by atoms with Gasteiger partial charge in [0, 0.05) is 18.2 Å². The van der Waals surface area contributed by atoms with E-state index in [4.69, 9.17) is 5.73 Å². The van der Waals surface area contributed by atoms with Crippen molar-refractivity contribution in [2.24, 2.45) is 5.73 Å². The fraction of sp³-hybridized carbons (Fsp3) is 0.538. The molecular formula is C13H18FNO3S. The number of hydrogen-bond acceptors (Lipinski definition) is 4. The third-order valence-electron chi connectivity index (χ3n) is 3.97. The highest BCUT2D eigenvalue weighted by molar-refractivity contribution is 7.90. The highest BCUT2D eigenvalue weighted by Crippen LogP contribution is 2.43. The van der Waals surface area contributed by atoms with Crippen molar-refractivity contribution in [2.75, 3.05) is 12.8 Å². The van der Waals surface area contributed by atoms with Gasteiger partial charge in [-0.3, -0.25) is 0 Å². The zero-order valence-corrected chi connectivity index (χ0v) is 11.6. The first-order chi connectivity index (χ1) is 8.82. The van der Waals surface area contributed by atoms with Crippen LogP contribution in [-0.2, 0) is 15.3 Å². The highest BCUT2D eigenvalue weighted by atomic mass is 32.2. The SMILES string of the molecule is CS(=O)(=O)c1c(O)ccc(C2(CN)CCCC2)c1F. The predicted molar refractivity (Wildman–Crippen MR) is 70.4 cm³/mol. The van der Waals surface area contributed by atoms with Crippen LogP contribution in [0.25, 0.3) is 0 Å². The third-order valence-corrected chi connectivity index (χ3v) is 5.10. The van der Waals surface area contributed by atoms with Crippen molar-refractivity contribution in [1.82, 2.24) is 0 Å². The number of phenols is 1. The molecule has 1 aliphatic carbocycles. The van der Waals surface area contributed by atoms with Gasteiger partial charge in [-0.2, -0.15) is 0 Å². The molecule has 1 fully saturated rings. The lowest BCUT2D eigenvalue weighted by Crippen LogP contribution is -2.33. The summed E-state index contributed by atoms with van der Waals surface area (Å²) in [6, 6.07) is 2.70. The average Bonchev–Trinajstić information content (AvgIpc) is 2.77. The number of aromatic hydroxyl groups is 1. The lowest BCUT2D eigenvalue weighted by Gasteiger charge is -2.29. The number of rotatable bonds is 3. The van der Waals surface area contributed by atoms with E-state index in [0.29, 0.717) is 5.56 Å². The second-order valence-corrected chi connectivity index (χ2v) is 7.19. The highest BCUT2D eigenvalue weighted by Gasteiger charge is 2.38. The van der Waals surface area contributed by atoms with Gasteiger partial charge in [-0.05, 0) is 24.5 Å². The number of halogens is 1. The Morgan fingerprint density at radius 2 is 1.95 bits per heavy atom. The third kappa shape index (κ3) is 2.34. The minimum absolute atomic E-state index is 0.276. The molecule has 0 aromatic heterocycles. The second-order valence-electron chi connectivity index (χ2n) is 5.24. The normalized spacial score (nSPS) is 18.7. The molecule has 0 aliphatic heterocycles. The van der Waals surface area contributed by atoms with Gasteiger partial charge in [-0.1, -0.05) is 18.9 Å². The van der Waals surface area contributed by atoms with Gasteiger partial charge >= 0.3 is 0 Å². The molecule has 0 unspecified atom stereocenters. The Morgan fingerprint density at radius 1 is 1.37 bits per heavy atom. The summed E-state index contributed by atoms with van der Waals surface area (Å²) in [5, 5.41) is 9.60. The molecule has 0 spiro atoms. The summed E-state index contributed by atoms with van der Waals surface area (Å²) in [6.45, 7) is 0.276. The van der Waals surface area contributed by atoms with Crippen LogP contribution < -0.4 is 5.73 Å². The molecule has 0 radical (unpaired) electrons. The number of nitrogens with two attached hydrogens (primary N) is 1. The Bertz CT molecular complexity index is 592. The summed E-state index contributed by atoms with van der Waals surface area (Å²) < 4.78 is 37.7. The summed E-state index contributed by atoms with van der Waals surface area (Å²) in [7, 11) is -3.82. The maximum absolute atomic E-state index is 14.5. The van der Waals surface area contributed by atoms with E-state index in [-0.39, 0.29) is 6.54 Å². The Balaban J connectivity index is 2.67. The van der Waals surface area contributed by atoms with E-state index in [1.54, 1.807) is 0 Å². The molecule has 0 atom stereocenters. The predicted octanol–water partition coefficient (Wildman–Crippen LogP) is 1.71. The molecule has 0 bridgehead atoms. The summed E-state index contributed by atoms with van der Waals surface area (Å²) in [4.78, 5) is -0.621. The topological polar surface area (TPSA) is 80.4 Å². The smallest absolute Gasteiger partial charge is 0.182 e. The van der Waals surface area contributed by atoms with Crippen molar-refractivity contribution < 1.29 is 17.9 Å². The van der Waals surface area contributed by atoms with Gasteiger partial charge in [0.2, 0.25) is 0 Å². The van der Waals surface area contributed by atoms with Crippen molar-refractivity contribution in [3.05, 3.63) is 23.5 Å². The fourth-order valence-electron chi connectivity index (χ4n) is 2.94. The fourth-order valence-corrected chi connectivity index (χ4v) is 3.83. The van der Waals surface area contributed by atoms with Crippen LogP contribution in [-0.4, -0.2) is 26.3 Å². The zero-order chi connectivity index (χ0) is 14.3. The first-order valence-corrected chi connectivity index (χ1v) is 8.13. The largest absolute Gasteiger partial charge is 0.506 e. The second kappa shape index (κ2) is 4.76. The molecule has 2 rings (SSSR count). The van der Waals surface area contributed by atoms with Crippen molar-refractivity contribution >= 4 is 9.84 Å². The van der Waals surface area contributed by atoms with Crippen molar-refractivity contribution in [3.63, 3.8) is 0 Å². The van der Waals surface area contributed by atoms with Crippen molar-refractivity contribution in [3.8, 4) is 5.75 Å². The lowest BCUT2D eigenvalue weighted by atomic mass is 9.78. The summed E-state index contributed by atoms with van der Waals surface area (Å²) in [5.74, 6) is -1.40. The number of phenolic OH excluding ortho intramolecular Hbond substituents is 1. The number of sulfone groups is 1. The van der Waals surface area contributed by atoms with E-state index < -0.39 is 31.7 Å². The molecule has 106 valence electrons.